The summed E-state index contributed by atoms with van der Waals surface area (Å²) in [6.45, 7) is 4.19. The number of carbonyl (C=O) groups excluding carboxylic acids is 2. The van der Waals surface area contributed by atoms with Crippen molar-refractivity contribution in [3.05, 3.63) is 59.7 Å². The summed E-state index contributed by atoms with van der Waals surface area (Å²) in [5.41, 5.74) is 0.440. The number of ketones is 1. The van der Waals surface area contributed by atoms with Crippen LogP contribution in [0.3, 0.4) is 0 Å². The molecule has 2 aromatic carbocycles. The van der Waals surface area contributed by atoms with Gasteiger partial charge in [-0.1, -0.05) is 30.3 Å². The van der Waals surface area contributed by atoms with Crippen LogP contribution in [0.25, 0.3) is 0 Å². The summed E-state index contributed by atoms with van der Waals surface area (Å²) in [6.07, 6.45) is 0. The molecule has 0 aromatic heterocycles. The lowest BCUT2D eigenvalue weighted by Crippen LogP contribution is -2.32. The molecule has 0 radical (unpaired) electrons. The van der Waals surface area contributed by atoms with Gasteiger partial charge in [-0.05, 0) is 37.6 Å². The van der Waals surface area contributed by atoms with Crippen LogP contribution in [0.1, 0.15) is 29.8 Å². The van der Waals surface area contributed by atoms with E-state index in [1.807, 2.05) is 30.3 Å². The lowest BCUT2D eigenvalue weighted by Gasteiger charge is -2.23. The fourth-order valence-corrected chi connectivity index (χ4v) is 2.58. The summed E-state index contributed by atoms with van der Waals surface area (Å²) in [5, 5.41) is 0. The molecular weight excluding hydrogens is 320 g/mol. The maximum absolute atomic E-state index is 12.4. The zero-order valence-corrected chi connectivity index (χ0v) is 14.3. The minimum atomic E-state index is -0.825. The van der Waals surface area contributed by atoms with Crippen LogP contribution in [0.2, 0.25) is 0 Å². The number of benzene rings is 2. The van der Waals surface area contributed by atoms with E-state index in [9.17, 15) is 9.59 Å². The number of Topliss-reactive ketones (excluding diaryl/α,β-unsaturated/α-hetero) is 1. The minimum absolute atomic E-state index is 0.283. The Balaban J connectivity index is 1.65. The predicted octanol–water partition coefficient (Wildman–Crippen LogP) is 3.16. The van der Waals surface area contributed by atoms with E-state index < -0.39 is 11.4 Å². The summed E-state index contributed by atoms with van der Waals surface area (Å²) in [5.74, 6) is 0.428. The second kappa shape index (κ2) is 6.97. The van der Waals surface area contributed by atoms with E-state index in [0.717, 1.165) is 5.56 Å². The second-order valence-electron chi connectivity index (χ2n) is 6.35. The number of rotatable bonds is 5. The van der Waals surface area contributed by atoms with Gasteiger partial charge in [0, 0.05) is 5.56 Å². The highest BCUT2D eigenvalue weighted by atomic mass is 16.6. The monoisotopic (exact) mass is 340 g/mol. The Hall–Kier alpha value is -2.82. The van der Waals surface area contributed by atoms with Crippen LogP contribution in [0.15, 0.2) is 48.5 Å². The molecule has 0 saturated carbocycles. The van der Waals surface area contributed by atoms with Crippen molar-refractivity contribution in [3.8, 4) is 11.5 Å². The van der Waals surface area contributed by atoms with E-state index in [-0.39, 0.29) is 12.4 Å². The normalized spacial score (nSPS) is 13.2. The van der Waals surface area contributed by atoms with Gasteiger partial charge in [-0.25, -0.2) is 0 Å². The van der Waals surface area contributed by atoms with Crippen LogP contribution in [-0.4, -0.2) is 31.6 Å². The van der Waals surface area contributed by atoms with E-state index in [4.69, 9.17) is 14.2 Å². The van der Waals surface area contributed by atoms with Crippen molar-refractivity contribution in [1.29, 1.82) is 0 Å². The molecular formula is C20H20O5. The molecule has 0 aliphatic carbocycles. The molecule has 1 heterocycles. The van der Waals surface area contributed by atoms with Crippen molar-refractivity contribution in [1.82, 2.24) is 0 Å². The molecule has 1 aliphatic heterocycles. The fourth-order valence-electron chi connectivity index (χ4n) is 2.58. The summed E-state index contributed by atoms with van der Waals surface area (Å²) in [6, 6.07) is 14.3. The first-order valence-corrected chi connectivity index (χ1v) is 8.14. The highest BCUT2D eigenvalue weighted by molar-refractivity contribution is 5.99. The average molecular weight is 340 g/mol. The number of esters is 1. The van der Waals surface area contributed by atoms with Crippen LogP contribution in [0, 0.1) is 0 Å². The Kier molecular flexibility index (Phi) is 4.74. The molecule has 0 spiro atoms. The quantitative estimate of drug-likeness (QED) is 0.618. The van der Waals surface area contributed by atoms with Crippen LogP contribution >= 0.6 is 0 Å². The maximum Gasteiger partial charge on any atom is 0.316 e. The van der Waals surface area contributed by atoms with Crippen molar-refractivity contribution >= 4 is 11.8 Å². The number of ether oxygens (including phenoxy) is 3. The Bertz CT molecular complexity index is 780. The van der Waals surface area contributed by atoms with Gasteiger partial charge in [0.05, 0.1) is 5.41 Å². The van der Waals surface area contributed by atoms with Crippen LogP contribution in [0.4, 0.5) is 0 Å². The first-order chi connectivity index (χ1) is 12.0. The summed E-state index contributed by atoms with van der Waals surface area (Å²) in [4.78, 5) is 24.7. The highest BCUT2D eigenvalue weighted by Gasteiger charge is 2.31. The van der Waals surface area contributed by atoms with Gasteiger partial charge in [-0.2, -0.15) is 0 Å². The second-order valence-corrected chi connectivity index (χ2v) is 6.35. The minimum Gasteiger partial charge on any atom is -0.486 e. The predicted molar refractivity (Wildman–Crippen MR) is 92.2 cm³/mol. The van der Waals surface area contributed by atoms with Gasteiger partial charge in [-0.15, -0.1) is 0 Å². The number of fused-ring (bicyclic) bond motifs is 1. The molecule has 0 amide bonds. The molecule has 0 atom stereocenters. The van der Waals surface area contributed by atoms with Crippen LogP contribution in [0.5, 0.6) is 11.5 Å². The Morgan fingerprint density at radius 1 is 1.00 bits per heavy atom. The first kappa shape index (κ1) is 17.0. The third-order valence-electron chi connectivity index (χ3n) is 4.20. The van der Waals surface area contributed by atoms with Gasteiger partial charge in [0.1, 0.15) is 13.2 Å². The van der Waals surface area contributed by atoms with E-state index in [1.54, 1.807) is 32.0 Å². The number of carbonyl (C=O) groups is 2. The average Bonchev–Trinajstić information content (AvgIpc) is 2.66. The van der Waals surface area contributed by atoms with Gasteiger partial charge < -0.3 is 14.2 Å². The van der Waals surface area contributed by atoms with Gasteiger partial charge in [-0.3, -0.25) is 9.59 Å². The van der Waals surface area contributed by atoms with Crippen molar-refractivity contribution in [2.24, 2.45) is 0 Å². The molecule has 0 N–H and O–H groups in total. The fraction of sp³-hybridized carbons (Fsp3) is 0.300. The highest BCUT2D eigenvalue weighted by Crippen LogP contribution is 2.31. The first-order valence-electron chi connectivity index (χ1n) is 8.14. The Labute approximate surface area is 146 Å². The van der Waals surface area contributed by atoms with Crippen LogP contribution in [-0.2, 0) is 14.9 Å². The summed E-state index contributed by atoms with van der Waals surface area (Å²) < 4.78 is 16.2. The van der Waals surface area contributed by atoms with Crippen LogP contribution < -0.4 is 9.47 Å². The molecule has 5 nitrogen and oxygen atoms in total. The summed E-state index contributed by atoms with van der Waals surface area (Å²) >= 11 is 0. The molecule has 130 valence electrons. The zero-order chi connectivity index (χ0) is 17.9. The third kappa shape index (κ3) is 3.65. The van der Waals surface area contributed by atoms with E-state index >= 15 is 0 Å². The van der Waals surface area contributed by atoms with E-state index in [1.165, 1.54) is 0 Å². The molecule has 0 unspecified atom stereocenters. The van der Waals surface area contributed by atoms with E-state index in [0.29, 0.717) is 30.3 Å². The number of hydrogen-bond donors (Lipinski definition) is 0. The largest absolute Gasteiger partial charge is 0.486 e. The number of hydrogen-bond acceptors (Lipinski definition) is 5. The lowest BCUT2D eigenvalue weighted by molar-refractivity contribution is -0.148. The van der Waals surface area contributed by atoms with E-state index in [2.05, 4.69) is 0 Å². The molecule has 0 saturated heterocycles. The Morgan fingerprint density at radius 3 is 2.40 bits per heavy atom. The molecule has 25 heavy (non-hydrogen) atoms. The standard InChI is InChI=1S/C20H20O5/c1-20(2,15-6-4-3-5-7-15)19(22)25-13-16(21)14-8-9-17-18(12-14)24-11-10-23-17/h3-9,12H,10-11,13H2,1-2H3. The van der Waals surface area contributed by atoms with Crippen molar-refractivity contribution < 1.29 is 23.8 Å². The Morgan fingerprint density at radius 2 is 1.68 bits per heavy atom. The molecule has 0 bridgehead atoms. The van der Waals surface area contributed by atoms with Gasteiger partial charge in [0.15, 0.2) is 23.9 Å². The molecule has 3 rings (SSSR count). The van der Waals surface area contributed by atoms with Crippen molar-refractivity contribution in [2.45, 2.75) is 19.3 Å². The van der Waals surface area contributed by atoms with Gasteiger partial charge >= 0.3 is 5.97 Å². The van der Waals surface area contributed by atoms with Gasteiger partial charge in [0.2, 0.25) is 0 Å². The summed E-state index contributed by atoms with van der Waals surface area (Å²) in [7, 11) is 0. The zero-order valence-electron chi connectivity index (χ0n) is 14.3. The lowest BCUT2D eigenvalue weighted by atomic mass is 9.85. The van der Waals surface area contributed by atoms with Gasteiger partial charge in [0.25, 0.3) is 0 Å². The SMILES string of the molecule is CC(C)(C(=O)OCC(=O)c1ccc2c(c1)OCCO2)c1ccccc1. The molecule has 0 fully saturated rings. The van der Waals surface area contributed by atoms with Crippen molar-refractivity contribution in [2.75, 3.05) is 19.8 Å². The topological polar surface area (TPSA) is 61.8 Å². The smallest absolute Gasteiger partial charge is 0.316 e. The molecule has 2 aromatic rings. The molecule has 5 heteroatoms. The third-order valence-corrected chi connectivity index (χ3v) is 4.20. The molecule has 1 aliphatic rings. The maximum atomic E-state index is 12.4. The van der Waals surface area contributed by atoms with Crippen molar-refractivity contribution in [3.63, 3.8) is 0 Å².